The summed E-state index contributed by atoms with van der Waals surface area (Å²) in [7, 11) is 1.63. The molecule has 11 nitrogen and oxygen atoms in total. The Labute approximate surface area is 248 Å². The lowest BCUT2D eigenvalue weighted by molar-refractivity contribution is -0.114. The molecule has 0 bridgehead atoms. The molecule has 3 N–H and O–H groups in total. The summed E-state index contributed by atoms with van der Waals surface area (Å²) in [4.78, 5) is 37.1. The van der Waals surface area contributed by atoms with Crippen molar-refractivity contribution in [1.82, 2.24) is 16.0 Å². The summed E-state index contributed by atoms with van der Waals surface area (Å²) in [6.07, 6.45) is 2.47. The maximum Gasteiger partial charge on any atom is 0.412 e. The average molecular weight is 635 g/mol. The number of hydrogen-bond acceptors (Lipinski definition) is 9. The van der Waals surface area contributed by atoms with E-state index in [0.717, 1.165) is 22.9 Å². The zero-order valence-corrected chi connectivity index (χ0v) is 24.8. The highest BCUT2D eigenvalue weighted by molar-refractivity contribution is 9.10. The van der Waals surface area contributed by atoms with Gasteiger partial charge < -0.3 is 34.3 Å². The van der Waals surface area contributed by atoms with Gasteiger partial charge in [-0.05, 0) is 48.7 Å². The molecular formula is C29H36BrN3O8. The van der Waals surface area contributed by atoms with E-state index in [1.165, 1.54) is 0 Å². The van der Waals surface area contributed by atoms with E-state index in [1.807, 2.05) is 13.0 Å². The normalized spacial score (nSPS) is 13.5. The second-order valence-electron chi connectivity index (χ2n) is 8.93. The molecule has 12 heteroatoms. The van der Waals surface area contributed by atoms with Crippen LogP contribution in [0.4, 0.5) is 4.79 Å². The van der Waals surface area contributed by atoms with Crippen molar-refractivity contribution in [2.24, 2.45) is 0 Å². The van der Waals surface area contributed by atoms with E-state index >= 15 is 0 Å². The van der Waals surface area contributed by atoms with Crippen LogP contribution in [0.5, 0.6) is 11.5 Å². The highest BCUT2D eigenvalue weighted by Gasteiger charge is 2.27. The molecule has 0 spiro atoms. The van der Waals surface area contributed by atoms with E-state index in [-0.39, 0.29) is 12.3 Å². The van der Waals surface area contributed by atoms with Crippen molar-refractivity contribution in [2.75, 3.05) is 53.3 Å². The molecule has 0 unspecified atom stereocenters. The molecule has 1 heterocycles. The zero-order valence-electron chi connectivity index (χ0n) is 23.3. The lowest BCUT2D eigenvalue weighted by atomic mass is 9.95. The zero-order chi connectivity index (χ0) is 29.5. The van der Waals surface area contributed by atoms with Gasteiger partial charge in [0.25, 0.3) is 11.8 Å². The predicted molar refractivity (Wildman–Crippen MR) is 156 cm³/mol. The van der Waals surface area contributed by atoms with Crippen molar-refractivity contribution in [3.63, 3.8) is 0 Å². The van der Waals surface area contributed by atoms with Crippen LogP contribution in [0.2, 0.25) is 0 Å². The minimum atomic E-state index is -0.629. The number of hydrogen-bond donors (Lipinski definition) is 3. The van der Waals surface area contributed by atoms with Crippen LogP contribution in [-0.2, 0) is 25.5 Å². The van der Waals surface area contributed by atoms with Crippen LogP contribution in [-0.4, -0.2) is 71.2 Å². The number of halogens is 1. The third-order valence-electron chi connectivity index (χ3n) is 5.74. The lowest BCUT2D eigenvalue weighted by Gasteiger charge is -2.19. The second-order valence-corrected chi connectivity index (χ2v) is 9.84. The van der Waals surface area contributed by atoms with Crippen LogP contribution < -0.4 is 25.4 Å². The standard InChI is InChI=1S/C29H36BrN3O8/c1-3-10-40-25-8-5-20(16-26(25)41-29(36)32-9-13-38-11-4-12-39-15-14-37-2)18-31-19-24-23-17-21(30)6-7-22(23)27(34)33-28(24)35/h5-8,16-17,19,31H,3-4,9-15,18H2,1-2H3,(H,32,36)(H,33,34,35)/b24-19-. The molecule has 0 saturated carbocycles. The number of carbonyl (C=O) groups is 3. The number of rotatable bonds is 17. The molecule has 2 aromatic carbocycles. The van der Waals surface area contributed by atoms with Crippen molar-refractivity contribution in [2.45, 2.75) is 26.3 Å². The van der Waals surface area contributed by atoms with Gasteiger partial charge in [-0.2, -0.15) is 0 Å². The van der Waals surface area contributed by atoms with Gasteiger partial charge in [0.2, 0.25) is 0 Å². The molecule has 3 rings (SSSR count). The van der Waals surface area contributed by atoms with Gasteiger partial charge in [0.15, 0.2) is 11.5 Å². The number of imide groups is 1. The summed E-state index contributed by atoms with van der Waals surface area (Å²) in [5, 5.41) is 8.14. The van der Waals surface area contributed by atoms with Gasteiger partial charge in [-0.1, -0.05) is 28.9 Å². The first-order valence-corrected chi connectivity index (χ1v) is 14.2. The summed E-state index contributed by atoms with van der Waals surface area (Å²) in [5.74, 6) is -0.214. The Morgan fingerprint density at radius 2 is 1.73 bits per heavy atom. The quantitative estimate of drug-likeness (QED) is 0.135. The fraction of sp³-hybridized carbons (Fsp3) is 0.414. The Bertz CT molecular complexity index is 1220. The van der Waals surface area contributed by atoms with Crippen LogP contribution in [0.3, 0.4) is 0 Å². The summed E-state index contributed by atoms with van der Waals surface area (Å²) < 4.78 is 27.8. The molecule has 222 valence electrons. The molecule has 0 saturated heterocycles. The molecule has 1 aliphatic rings. The third-order valence-corrected chi connectivity index (χ3v) is 6.23. The SMILES string of the molecule is CCCOc1ccc(CN/C=C2\C(=O)NC(=O)c3ccc(Br)cc32)cc1OC(=O)NCCOCCCOCCOC. The Morgan fingerprint density at radius 3 is 2.51 bits per heavy atom. The lowest BCUT2D eigenvalue weighted by Crippen LogP contribution is -2.37. The largest absolute Gasteiger partial charge is 0.490 e. The van der Waals surface area contributed by atoms with Gasteiger partial charge >= 0.3 is 6.09 Å². The van der Waals surface area contributed by atoms with E-state index < -0.39 is 17.9 Å². The van der Waals surface area contributed by atoms with E-state index in [2.05, 4.69) is 31.9 Å². The van der Waals surface area contributed by atoms with Gasteiger partial charge in [0.05, 0.1) is 32.0 Å². The van der Waals surface area contributed by atoms with Crippen LogP contribution in [0.1, 0.15) is 41.3 Å². The number of methoxy groups -OCH3 is 1. The molecule has 3 amide bonds. The molecular weight excluding hydrogens is 598 g/mol. The Hall–Kier alpha value is -3.45. The van der Waals surface area contributed by atoms with Gasteiger partial charge in [-0.15, -0.1) is 0 Å². The number of carbonyl (C=O) groups excluding carboxylic acids is 3. The molecule has 41 heavy (non-hydrogen) atoms. The fourth-order valence-corrected chi connectivity index (χ4v) is 4.12. The minimum Gasteiger partial charge on any atom is -0.490 e. The molecule has 0 aliphatic carbocycles. The van der Waals surface area contributed by atoms with Gasteiger partial charge in [-0.3, -0.25) is 14.9 Å². The summed E-state index contributed by atoms with van der Waals surface area (Å²) >= 11 is 3.39. The first-order chi connectivity index (χ1) is 19.9. The molecule has 2 aromatic rings. The smallest absolute Gasteiger partial charge is 0.412 e. The maximum atomic E-state index is 12.5. The van der Waals surface area contributed by atoms with Crippen molar-refractivity contribution in [3.8, 4) is 11.5 Å². The molecule has 1 aliphatic heterocycles. The first-order valence-electron chi connectivity index (χ1n) is 13.4. The Kier molecular flexibility index (Phi) is 13.6. The summed E-state index contributed by atoms with van der Waals surface area (Å²) in [6, 6.07) is 10.4. The summed E-state index contributed by atoms with van der Waals surface area (Å²) in [5.41, 5.74) is 2.06. The fourth-order valence-electron chi connectivity index (χ4n) is 3.76. The Morgan fingerprint density at radius 1 is 0.927 bits per heavy atom. The topological polar surface area (TPSA) is 133 Å². The summed E-state index contributed by atoms with van der Waals surface area (Å²) in [6.45, 7) is 5.60. The first kappa shape index (κ1) is 32.1. The molecule has 0 atom stereocenters. The number of benzene rings is 2. The molecule has 0 radical (unpaired) electrons. The molecule has 0 aromatic heterocycles. The van der Waals surface area contributed by atoms with E-state index in [1.54, 1.807) is 43.6 Å². The predicted octanol–water partition coefficient (Wildman–Crippen LogP) is 3.80. The minimum absolute atomic E-state index is 0.271. The number of amides is 3. The van der Waals surface area contributed by atoms with Crippen LogP contribution in [0, 0.1) is 0 Å². The van der Waals surface area contributed by atoms with Gasteiger partial charge in [-0.25, -0.2) is 4.79 Å². The maximum absolute atomic E-state index is 12.5. The second kappa shape index (κ2) is 17.4. The van der Waals surface area contributed by atoms with E-state index in [0.29, 0.717) is 68.6 Å². The van der Waals surface area contributed by atoms with Crippen molar-refractivity contribution in [1.29, 1.82) is 0 Å². The highest BCUT2D eigenvalue weighted by Crippen LogP contribution is 2.30. The van der Waals surface area contributed by atoms with Crippen molar-refractivity contribution < 1.29 is 38.1 Å². The highest BCUT2D eigenvalue weighted by atomic mass is 79.9. The number of nitrogens with one attached hydrogen (secondary N) is 3. The van der Waals surface area contributed by atoms with Crippen molar-refractivity contribution >= 4 is 39.4 Å². The van der Waals surface area contributed by atoms with E-state index in [9.17, 15) is 14.4 Å². The van der Waals surface area contributed by atoms with Gasteiger partial charge in [0, 0.05) is 55.2 Å². The monoisotopic (exact) mass is 633 g/mol. The van der Waals surface area contributed by atoms with Crippen LogP contribution in [0.25, 0.3) is 5.57 Å². The van der Waals surface area contributed by atoms with Gasteiger partial charge in [0.1, 0.15) is 0 Å². The van der Waals surface area contributed by atoms with Crippen molar-refractivity contribution in [3.05, 3.63) is 63.8 Å². The number of fused-ring (bicyclic) bond motifs is 1. The molecule has 0 fully saturated rings. The Balaban J connectivity index is 1.54. The van der Waals surface area contributed by atoms with E-state index in [4.69, 9.17) is 23.7 Å². The van der Waals surface area contributed by atoms with Crippen LogP contribution in [0.15, 0.2) is 47.1 Å². The number of ether oxygens (including phenoxy) is 5. The van der Waals surface area contributed by atoms with Crippen LogP contribution >= 0.6 is 15.9 Å². The third kappa shape index (κ3) is 10.5. The average Bonchev–Trinajstić information content (AvgIpc) is 2.95.